The fourth-order valence-electron chi connectivity index (χ4n) is 1.05. The highest BCUT2D eigenvalue weighted by Crippen LogP contribution is 2.13. The predicted molar refractivity (Wildman–Crippen MR) is 55.5 cm³/mol. The van der Waals surface area contributed by atoms with Crippen LogP contribution in [0.4, 0.5) is 0 Å². The normalized spacial score (nSPS) is 9.92. The Morgan fingerprint density at radius 3 is 2.85 bits per heavy atom. The van der Waals surface area contributed by atoms with Crippen molar-refractivity contribution in [3.05, 3.63) is 29.8 Å². The minimum atomic E-state index is 0.0790. The lowest BCUT2D eigenvalue weighted by molar-refractivity contribution is 0.0982. The summed E-state index contributed by atoms with van der Waals surface area (Å²) in [5.41, 5.74) is 0.584. The Bertz CT molecular complexity index is 297. The van der Waals surface area contributed by atoms with Crippen LogP contribution in [0.1, 0.15) is 23.2 Å². The molecule has 1 aromatic carbocycles. The number of carbonyl (C=O) groups excluding carboxylic acids is 1. The number of phenols is 1. The van der Waals surface area contributed by atoms with Crippen LogP contribution in [0.15, 0.2) is 24.3 Å². The van der Waals surface area contributed by atoms with Crippen LogP contribution in [-0.4, -0.2) is 16.2 Å². The second kappa shape index (κ2) is 5.02. The number of hydrogen-bond acceptors (Lipinski definition) is 2. The van der Waals surface area contributed by atoms with Gasteiger partial charge in [-0.15, -0.1) is 0 Å². The highest BCUT2D eigenvalue weighted by Gasteiger charge is 2.04. The molecule has 1 aromatic rings. The number of hydrogen-bond donors (Lipinski definition) is 1. The van der Waals surface area contributed by atoms with E-state index in [0.717, 1.165) is 11.8 Å². The fourth-order valence-corrected chi connectivity index (χ4v) is 1.33. The summed E-state index contributed by atoms with van der Waals surface area (Å²) in [4.78, 5) is 11.4. The van der Waals surface area contributed by atoms with Crippen molar-refractivity contribution in [1.82, 2.24) is 0 Å². The van der Waals surface area contributed by atoms with Crippen molar-refractivity contribution < 1.29 is 9.90 Å². The van der Waals surface area contributed by atoms with E-state index in [1.54, 1.807) is 18.2 Å². The Kier molecular flexibility index (Phi) is 3.96. The zero-order chi connectivity index (χ0) is 9.68. The molecule has 0 heterocycles. The average molecular weight is 243 g/mol. The first kappa shape index (κ1) is 10.3. The second-order valence-electron chi connectivity index (χ2n) is 2.77. The van der Waals surface area contributed by atoms with Crippen molar-refractivity contribution in [3.8, 4) is 5.75 Å². The number of carbonyl (C=O) groups is 1. The lowest BCUT2D eigenvalue weighted by Gasteiger charge is -1.99. The summed E-state index contributed by atoms with van der Waals surface area (Å²) in [6.07, 6.45) is 1.35. The molecule has 0 aliphatic heterocycles. The standard InChI is InChI=1S/C10H11BrO2/c11-6-2-5-10(13)8-3-1-4-9(12)7-8/h1,3-4,7,12H,2,5-6H2. The minimum Gasteiger partial charge on any atom is -0.508 e. The van der Waals surface area contributed by atoms with Crippen molar-refractivity contribution in [1.29, 1.82) is 0 Å². The summed E-state index contributed by atoms with van der Waals surface area (Å²) >= 11 is 3.26. The summed E-state index contributed by atoms with van der Waals surface area (Å²) in [5.74, 6) is 0.222. The van der Waals surface area contributed by atoms with Crippen LogP contribution in [0, 0.1) is 0 Å². The lowest BCUT2D eigenvalue weighted by atomic mass is 10.1. The fraction of sp³-hybridized carbons (Fsp3) is 0.300. The highest BCUT2D eigenvalue weighted by molar-refractivity contribution is 9.09. The molecule has 0 atom stereocenters. The van der Waals surface area contributed by atoms with Gasteiger partial charge in [-0.25, -0.2) is 0 Å². The summed E-state index contributed by atoms with van der Waals surface area (Å²) in [7, 11) is 0. The summed E-state index contributed by atoms with van der Waals surface area (Å²) in [5, 5.41) is 9.96. The van der Waals surface area contributed by atoms with Crippen LogP contribution in [0.25, 0.3) is 0 Å². The van der Waals surface area contributed by atoms with Gasteiger partial charge >= 0.3 is 0 Å². The van der Waals surface area contributed by atoms with Gasteiger partial charge in [-0.3, -0.25) is 4.79 Å². The van der Waals surface area contributed by atoms with E-state index in [2.05, 4.69) is 15.9 Å². The molecule has 2 nitrogen and oxygen atoms in total. The molecule has 0 spiro atoms. The third kappa shape index (κ3) is 3.19. The molecule has 0 radical (unpaired) electrons. The van der Waals surface area contributed by atoms with E-state index in [4.69, 9.17) is 5.11 Å². The van der Waals surface area contributed by atoms with Crippen LogP contribution in [0.3, 0.4) is 0 Å². The molecular weight excluding hydrogens is 232 g/mol. The van der Waals surface area contributed by atoms with Crippen LogP contribution in [-0.2, 0) is 0 Å². The van der Waals surface area contributed by atoms with Crippen LogP contribution >= 0.6 is 15.9 Å². The average Bonchev–Trinajstić information content (AvgIpc) is 2.14. The van der Waals surface area contributed by atoms with E-state index in [-0.39, 0.29) is 11.5 Å². The third-order valence-corrected chi connectivity index (χ3v) is 2.27. The Balaban J connectivity index is 2.66. The van der Waals surface area contributed by atoms with Crippen LogP contribution < -0.4 is 0 Å². The number of benzene rings is 1. The zero-order valence-corrected chi connectivity index (χ0v) is 8.75. The predicted octanol–water partition coefficient (Wildman–Crippen LogP) is 2.75. The van der Waals surface area contributed by atoms with E-state index in [9.17, 15) is 4.79 Å². The molecule has 0 saturated heterocycles. The minimum absolute atomic E-state index is 0.0790. The molecule has 1 N–H and O–H groups in total. The lowest BCUT2D eigenvalue weighted by Crippen LogP contribution is -1.98. The SMILES string of the molecule is O=C(CCCBr)c1cccc(O)c1. The summed E-state index contributed by atoms with van der Waals surface area (Å²) in [6.45, 7) is 0. The molecule has 0 amide bonds. The molecule has 0 aliphatic carbocycles. The van der Waals surface area contributed by atoms with E-state index >= 15 is 0 Å². The first-order valence-corrected chi connectivity index (χ1v) is 5.24. The number of alkyl halides is 1. The molecular formula is C10H11BrO2. The Labute approximate surface area is 85.7 Å². The molecule has 13 heavy (non-hydrogen) atoms. The maximum atomic E-state index is 11.4. The molecule has 0 saturated carbocycles. The number of aromatic hydroxyl groups is 1. The van der Waals surface area contributed by atoms with Gasteiger partial charge in [-0.2, -0.15) is 0 Å². The molecule has 70 valence electrons. The van der Waals surface area contributed by atoms with Gasteiger partial charge in [0.1, 0.15) is 5.75 Å². The maximum Gasteiger partial charge on any atom is 0.163 e. The first-order valence-electron chi connectivity index (χ1n) is 4.12. The first-order chi connectivity index (χ1) is 6.24. The van der Waals surface area contributed by atoms with Crippen LogP contribution in [0.5, 0.6) is 5.75 Å². The van der Waals surface area contributed by atoms with Crippen LogP contribution in [0.2, 0.25) is 0 Å². The Morgan fingerprint density at radius 1 is 1.46 bits per heavy atom. The Morgan fingerprint density at radius 2 is 2.23 bits per heavy atom. The van der Waals surface area contributed by atoms with Gasteiger partial charge in [0.15, 0.2) is 5.78 Å². The van der Waals surface area contributed by atoms with Crippen molar-refractivity contribution in [2.45, 2.75) is 12.8 Å². The molecule has 0 aliphatic rings. The van der Waals surface area contributed by atoms with E-state index in [0.29, 0.717) is 12.0 Å². The molecule has 3 heteroatoms. The van der Waals surface area contributed by atoms with E-state index in [1.807, 2.05) is 0 Å². The van der Waals surface area contributed by atoms with Gasteiger partial charge < -0.3 is 5.11 Å². The quantitative estimate of drug-likeness (QED) is 0.652. The van der Waals surface area contributed by atoms with Crippen molar-refractivity contribution in [2.75, 3.05) is 5.33 Å². The largest absolute Gasteiger partial charge is 0.508 e. The van der Waals surface area contributed by atoms with Gasteiger partial charge in [-0.05, 0) is 18.6 Å². The second-order valence-corrected chi connectivity index (χ2v) is 3.56. The number of Topliss-reactive ketones (excluding diaryl/α,β-unsaturated/α-hetero) is 1. The molecule has 0 fully saturated rings. The molecule has 0 bridgehead atoms. The number of phenolic OH excluding ortho intramolecular Hbond substituents is 1. The van der Waals surface area contributed by atoms with E-state index < -0.39 is 0 Å². The smallest absolute Gasteiger partial charge is 0.163 e. The molecule has 0 unspecified atom stereocenters. The number of rotatable bonds is 4. The topological polar surface area (TPSA) is 37.3 Å². The molecule has 0 aromatic heterocycles. The summed E-state index contributed by atoms with van der Waals surface area (Å²) < 4.78 is 0. The molecule has 1 rings (SSSR count). The third-order valence-electron chi connectivity index (χ3n) is 1.71. The highest BCUT2D eigenvalue weighted by atomic mass is 79.9. The van der Waals surface area contributed by atoms with Crippen molar-refractivity contribution in [2.24, 2.45) is 0 Å². The number of halogens is 1. The summed E-state index contributed by atoms with van der Waals surface area (Å²) in [6, 6.07) is 6.45. The van der Waals surface area contributed by atoms with Gasteiger partial charge in [0.2, 0.25) is 0 Å². The van der Waals surface area contributed by atoms with Gasteiger partial charge in [0.25, 0.3) is 0 Å². The van der Waals surface area contributed by atoms with Gasteiger partial charge in [0, 0.05) is 17.3 Å². The zero-order valence-electron chi connectivity index (χ0n) is 7.16. The number of ketones is 1. The maximum absolute atomic E-state index is 11.4. The Hall–Kier alpha value is -0.830. The van der Waals surface area contributed by atoms with E-state index in [1.165, 1.54) is 6.07 Å². The van der Waals surface area contributed by atoms with Crippen molar-refractivity contribution >= 4 is 21.7 Å². The van der Waals surface area contributed by atoms with Crippen molar-refractivity contribution in [3.63, 3.8) is 0 Å². The van der Waals surface area contributed by atoms with Gasteiger partial charge in [-0.1, -0.05) is 28.1 Å². The van der Waals surface area contributed by atoms with Gasteiger partial charge in [0.05, 0.1) is 0 Å². The monoisotopic (exact) mass is 242 g/mol.